The predicted molar refractivity (Wildman–Crippen MR) is 100 cm³/mol. The van der Waals surface area contributed by atoms with Gasteiger partial charge in [0.15, 0.2) is 11.5 Å². The lowest BCUT2D eigenvalue weighted by molar-refractivity contribution is -0.144. The molecule has 0 saturated carbocycles. The van der Waals surface area contributed by atoms with E-state index in [0.29, 0.717) is 18.0 Å². The Morgan fingerprint density at radius 3 is 2.67 bits per heavy atom. The van der Waals surface area contributed by atoms with Crippen molar-refractivity contribution in [2.24, 2.45) is 0 Å². The van der Waals surface area contributed by atoms with Crippen LogP contribution in [0.15, 0.2) is 67.1 Å². The fraction of sp³-hybridized carbons (Fsp3) is 0.238. The van der Waals surface area contributed by atoms with E-state index in [9.17, 15) is 4.79 Å². The molecule has 0 aliphatic carbocycles. The Hall–Kier alpha value is -3.28. The van der Waals surface area contributed by atoms with E-state index in [4.69, 9.17) is 9.47 Å². The van der Waals surface area contributed by atoms with Crippen molar-refractivity contribution in [1.29, 1.82) is 0 Å². The number of aromatic amines is 1. The van der Waals surface area contributed by atoms with Gasteiger partial charge in [-0.05, 0) is 24.6 Å². The van der Waals surface area contributed by atoms with E-state index in [1.807, 2.05) is 61.5 Å². The maximum atomic E-state index is 13.3. The number of ether oxygens (including phenoxy) is 2. The molecule has 6 heteroatoms. The maximum absolute atomic E-state index is 13.3. The number of hydrogen-bond donors (Lipinski definition) is 1. The van der Waals surface area contributed by atoms with Crippen molar-refractivity contribution in [2.45, 2.75) is 25.6 Å². The van der Waals surface area contributed by atoms with Gasteiger partial charge in [0.2, 0.25) is 6.10 Å². The number of aromatic nitrogens is 2. The number of benzene rings is 2. The predicted octanol–water partition coefficient (Wildman–Crippen LogP) is 3.34. The third-order valence-electron chi connectivity index (χ3n) is 4.71. The largest absolute Gasteiger partial charge is 0.485 e. The molecule has 1 aromatic heterocycles. The number of rotatable bonds is 5. The molecular formula is C21H21N3O3. The standard InChI is InChI=1S/C21H21N3O3/c1-15(16-7-3-2-4-8-16)24(12-17-11-22-14-23-17)21(25)20-13-26-18-9-5-6-10-19(18)27-20/h2-11,14-15,20H,12-13H2,1H3,(H,22,23). The zero-order valence-corrected chi connectivity index (χ0v) is 15.0. The Balaban J connectivity index is 1.59. The highest BCUT2D eigenvalue weighted by Gasteiger charge is 2.33. The summed E-state index contributed by atoms with van der Waals surface area (Å²) in [5, 5.41) is 0. The molecule has 6 nitrogen and oxygen atoms in total. The molecule has 0 fully saturated rings. The van der Waals surface area contributed by atoms with Crippen molar-refractivity contribution in [3.05, 3.63) is 78.4 Å². The molecular weight excluding hydrogens is 342 g/mol. The Labute approximate surface area is 157 Å². The minimum atomic E-state index is -0.686. The average molecular weight is 363 g/mol. The number of nitrogens with one attached hydrogen (secondary N) is 1. The van der Waals surface area contributed by atoms with Gasteiger partial charge in [0.25, 0.3) is 5.91 Å². The van der Waals surface area contributed by atoms with Gasteiger partial charge < -0.3 is 19.4 Å². The van der Waals surface area contributed by atoms with E-state index in [2.05, 4.69) is 9.97 Å². The molecule has 1 aliphatic heterocycles. The van der Waals surface area contributed by atoms with Crippen LogP contribution in [-0.4, -0.2) is 33.5 Å². The van der Waals surface area contributed by atoms with Crippen molar-refractivity contribution < 1.29 is 14.3 Å². The summed E-state index contributed by atoms with van der Waals surface area (Å²) in [4.78, 5) is 22.3. The van der Waals surface area contributed by atoms with Gasteiger partial charge in [0.05, 0.1) is 24.6 Å². The monoisotopic (exact) mass is 363 g/mol. The van der Waals surface area contributed by atoms with Crippen molar-refractivity contribution in [1.82, 2.24) is 14.9 Å². The maximum Gasteiger partial charge on any atom is 0.268 e. The van der Waals surface area contributed by atoms with Crippen LogP contribution in [0.5, 0.6) is 11.5 Å². The number of hydrogen-bond acceptors (Lipinski definition) is 4. The summed E-state index contributed by atoms with van der Waals surface area (Å²) in [6.45, 7) is 2.62. The van der Waals surface area contributed by atoms with Crippen LogP contribution in [0.3, 0.4) is 0 Å². The molecule has 0 spiro atoms. The molecule has 2 unspecified atom stereocenters. The number of amides is 1. The normalized spacial score (nSPS) is 16.6. The quantitative estimate of drug-likeness (QED) is 0.755. The number of H-pyrrole nitrogens is 1. The summed E-state index contributed by atoms with van der Waals surface area (Å²) in [6, 6.07) is 17.2. The Morgan fingerprint density at radius 1 is 1.19 bits per heavy atom. The molecule has 2 aromatic carbocycles. The lowest BCUT2D eigenvalue weighted by Crippen LogP contribution is -2.47. The van der Waals surface area contributed by atoms with Crippen LogP contribution in [0.2, 0.25) is 0 Å². The summed E-state index contributed by atoms with van der Waals surface area (Å²) in [5.74, 6) is 1.14. The van der Waals surface area contributed by atoms with Crippen molar-refractivity contribution in [3.63, 3.8) is 0 Å². The molecule has 138 valence electrons. The second-order valence-electron chi connectivity index (χ2n) is 6.49. The summed E-state index contributed by atoms with van der Waals surface area (Å²) in [5.41, 5.74) is 1.92. The lowest BCUT2D eigenvalue weighted by atomic mass is 10.1. The molecule has 27 heavy (non-hydrogen) atoms. The number of fused-ring (bicyclic) bond motifs is 1. The fourth-order valence-corrected chi connectivity index (χ4v) is 3.20. The van der Waals surface area contributed by atoms with Crippen LogP contribution in [0.4, 0.5) is 0 Å². The van der Waals surface area contributed by atoms with Gasteiger partial charge >= 0.3 is 0 Å². The third-order valence-corrected chi connectivity index (χ3v) is 4.71. The topological polar surface area (TPSA) is 67.5 Å². The van der Waals surface area contributed by atoms with Gasteiger partial charge in [0.1, 0.15) is 6.61 Å². The first-order chi connectivity index (χ1) is 13.2. The van der Waals surface area contributed by atoms with Crippen LogP contribution in [0.1, 0.15) is 24.2 Å². The van der Waals surface area contributed by atoms with Gasteiger partial charge in [-0.3, -0.25) is 4.79 Å². The van der Waals surface area contributed by atoms with Crippen LogP contribution in [0.25, 0.3) is 0 Å². The molecule has 1 N–H and O–H groups in total. The smallest absolute Gasteiger partial charge is 0.268 e. The number of para-hydroxylation sites is 2. The first kappa shape index (κ1) is 17.1. The minimum absolute atomic E-state index is 0.115. The van der Waals surface area contributed by atoms with Crippen LogP contribution >= 0.6 is 0 Å². The van der Waals surface area contributed by atoms with Gasteiger partial charge in [-0.25, -0.2) is 4.98 Å². The zero-order chi connectivity index (χ0) is 18.6. The van der Waals surface area contributed by atoms with E-state index < -0.39 is 6.10 Å². The molecule has 2 heterocycles. The van der Waals surface area contributed by atoms with Gasteiger partial charge in [-0.15, -0.1) is 0 Å². The second-order valence-corrected chi connectivity index (χ2v) is 6.49. The number of carbonyl (C=O) groups excluding carboxylic acids is 1. The summed E-state index contributed by atoms with van der Waals surface area (Å²) < 4.78 is 11.7. The molecule has 0 bridgehead atoms. The van der Waals surface area contributed by atoms with E-state index in [1.54, 1.807) is 17.4 Å². The van der Waals surface area contributed by atoms with Gasteiger partial charge in [-0.1, -0.05) is 42.5 Å². The van der Waals surface area contributed by atoms with Crippen LogP contribution < -0.4 is 9.47 Å². The number of carbonyl (C=O) groups is 1. The van der Waals surface area contributed by atoms with Crippen molar-refractivity contribution >= 4 is 5.91 Å². The average Bonchev–Trinajstić information content (AvgIpc) is 3.24. The molecule has 1 aliphatic rings. The molecule has 4 rings (SSSR count). The zero-order valence-electron chi connectivity index (χ0n) is 15.0. The highest BCUT2D eigenvalue weighted by molar-refractivity contribution is 5.82. The summed E-state index contributed by atoms with van der Waals surface area (Å²) in [7, 11) is 0. The van der Waals surface area contributed by atoms with Crippen LogP contribution in [-0.2, 0) is 11.3 Å². The first-order valence-corrected chi connectivity index (χ1v) is 8.93. The molecule has 0 radical (unpaired) electrons. The van der Waals surface area contributed by atoms with Gasteiger partial charge in [0, 0.05) is 6.20 Å². The third kappa shape index (κ3) is 3.65. The minimum Gasteiger partial charge on any atom is -0.485 e. The van der Waals surface area contributed by atoms with Crippen molar-refractivity contribution in [2.75, 3.05) is 6.61 Å². The molecule has 0 saturated heterocycles. The lowest BCUT2D eigenvalue weighted by Gasteiger charge is -2.34. The Bertz CT molecular complexity index is 896. The second kappa shape index (κ2) is 7.53. The van der Waals surface area contributed by atoms with Crippen molar-refractivity contribution in [3.8, 4) is 11.5 Å². The summed E-state index contributed by atoms with van der Waals surface area (Å²) in [6.07, 6.45) is 2.65. The highest BCUT2D eigenvalue weighted by Crippen LogP contribution is 2.32. The van der Waals surface area contributed by atoms with E-state index in [-0.39, 0.29) is 18.6 Å². The fourth-order valence-electron chi connectivity index (χ4n) is 3.20. The van der Waals surface area contributed by atoms with Crippen LogP contribution in [0, 0.1) is 0 Å². The number of nitrogens with zero attached hydrogens (tertiary/aromatic N) is 2. The molecule has 3 aromatic rings. The SMILES string of the molecule is CC(c1ccccc1)N(Cc1cnc[nH]1)C(=O)C1COc2ccccc2O1. The first-order valence-electron chi connectivity index (χ1n) is 8.93. The van der Waals surface area contributed by atoms with Gasteiger partial charge in [-0.2, -0.15) is 0 Å². The molecule has 2 atom stereocenters. The van der Waals surface area contributed by atoms with E-state index in [0.717, 1.165) is 11.3 Å². The molecule has 1 amide bonds. The summed E-state index contributed by atoms with van der Waals surface area (Å²) >= 11 is 0. The number of imidazole rings is 1. The highest BCUT2D eigenvalue weighted by atomic mass is 16.6. The Kier molecular flexibility index (Phi) is 4.78. The van der Waals surface area contributed by atoms with E-state index in [1.165, 1.54) is 0 Å². The Morgan fingerprint density at radius 2 is 1.93 bits per heavy atom. The van der Waals surface area contributed by atoms with E-state index >= 15 is 0 Å².